The van der Waals surface area contributed by atoms with Crippen molar-refractivity contribution >= 4 is 22.0 Å². The van der Waals surface area contributed by atoms with Gasteiger partial charge in [0.05, 0.1) is 6.26 Å². The van der Waals surface area contributed by atoms with E-state index in [9.17, 15) is 13.2 Å². The van der Waals surface area contributed by atoms with Crippen LogP contribution in [0.3, 0.4) is 0 Å². The molecular formula is C18H26N2O3S. The molecule has 0 N–H and O–H groups in total. The molecule has 1 aromatic carbocycles. The lowest BCUT2D eigenvalue weighted by Gasteiger charge is -2.32. The maximum absolute atomic E-state index is 12.2. The molecular weight excluding hydrogens is 324 g/mol. The van der Waals surface area contributed by atoms with Crippen LogP contribution in [0.15, 0.2) is 30.3 Å². The maximum atomic E-state index is 12.2. The maximum Gasteiger partial charge on any atom is 0.246 e. The van der Waals surface area contributed by atoms with Crippen molar-refractivity contribution in [1.29, 1.82) is 0 Å². The fourth-order valence-corrected chi connectivity index (χ4v) is 3.43. The topological polar surface area (TPSA) is 57.7 Å². The molecule has 1 fully saturated rings. The van der Waals surface area contributed by atoms with Gasteiger partial charge in [-0.3, -0.25) is 4.79 Å². The molecule has 0 unspecified atom stereocenters. The molecule has 0 radical (unpaired) electrons. The van der Waals surface area contributed by atoms with Crippen LogP contribution < -0.4 is 0 Å². The van der Waals surface area contributed by atoms with E-state index in [0.717, 1.165) is 5.56 Å². The van der Waals surface area contributed by atoms with Crippen molar-refractivity contribution in [2.75, 3.05) is 32.4 Å². The van der Waals surface area contributed by atoms with E-state index in [1.807, 2.05) is 12.1 Å². The number of amides is 1. The SMILES string of the molecule is CC(C)(C)c1ccc(/C=C/C(=O)N2CCN(S(C)(=O)=O)CC2)cc1. The van der Waals surface area contributed by atoms with Gasteiger partial charge in [0.1, 0.15) is 0 Å². The number of sulfonamides is 1. The Morgan fingerprint density at radius 3 is 2.04 bits per heavy atom. The third kappa shape index (κ3) is 4.92. The quantitative estimate of drug-likeness (QED) is 0.785. The summed E-state index contributed by atoms with van der Waals surface area (Å²) in [5.74, 6) is -0.0805. The number of benzene rings is 1. The molecule has 1 aliphatic rings. The Hall–Kier alpha value is -1.66. The van der Waals surface area contributed by atoms with Gasteiger partial charge >= 0.3 is 0 Å². The molecule has 1 amide bonds. The molecule has 1 aliphatic heterocycles. The van der Waals surface area contributed by atoms with Gasteiger partial charge in [-0.05, 0) is 22.6 Å². The highest BCUT2D eigenvalue weighted by atomic mass is 32.2. The summed E-state index contributed by atoms with van der Waals surface area (Å²) in [5, 5.41) is 0. The summed E-state index contributed by atoms with van der Waals surface area (Å²) in [5.41, 5.74) is 2.34. The average Bonchev–Trinajstić information content (AvgIpc) is 2.51. The number of carbonyl (C=O) groups excluding carboxylic acids is 1. The molecule has 1 aromatic rings. The highest BCUT2D eigenvalue weighted by molar-refractivity contribution is 7.88. The van der Waals surface area contributed by atoms with Crippen LogP contribution in [0.25, 0.3) is 6.08 Å². The van der Waals surface area contributed by atoms with E-state index in [1.165, 1.54) is 16.1 Å². The number of rotatable bonds is 3. The first kappa shape index (κ1) is 18.7. The van der Waals surface area contributed by atoms with E-state index < -0.39 is 10.0 Å². The lowest BCUT2D eigenvalue weighted by molar-refractivity contribution is -0.127. The van der Waals surface area contributed by atoms with Crippen LogP contribution in [0, 0.1) is 0 Å². The third-order valence-electron chi connectivity index (χ3n) is 4.21. The lowest BCUT2D eigenvalue weighted by Crippen LogP contribution is -2.49. The van der Waals surface area contributed by atoms with Crippen LogP contribution in [0.2, 0.25) is 0 Å². The smallest absolute Gasteiger partial charge is 0.246 e. The third-order valence-corrected chi connectivity index (χ3v) is 5.52. The zero-order chi connectivity index (χ0) is 18.0. The standard InChI is InChI=1S/C18H26N2O3S/c1-18(2,3)16-8-5-15(6-9-16)7-10-17(21)19-11-13-20(14-12-19)24(4,22)23/h5-10H,11-14H2,1-4H3/b10-7+. The summed E-state index contributed by atoms with van der Waals surface area (Å²) in [6, 6.07) is 8.17. The van der Waals surface area contributed by atoms with Crippen LogP contribution in [0.4, 0.5) is 0 Å². The summed E-state index contributed by atoms with van der Waals surface area (Å²) in [4.78, 5) is 13.9. The van der Waals surface area contributed by atoms with Crippen molar-refractivity contribution < 1.29 is 13.2 Å². The predicted octanol–water partition coefficient (Wildman–Crippen LogP) is 2.10. The highest BCUT2D eigenvalue weighted by Gasteiger charge is 2.24. The van der Waals surface area contributed by atoms with E-state index in [2.05, 4.69) is 32.9 Å². The summed E-state index contributed by atoms with van der Waals surface area (Å²) in [7, 11) is -3.17. The van der Waals surface area contributed by atoms with Gasteiger partial charge < -0.3 is 4.90 Å². The number of nitrogens with zero attached hydrogens (tertiary/aromatic N) is 2. The molecule has 0 aromatic heterocycles. The molecule has 0 atom stereocenters. The Balaban J connectivity index is 1.94. The van der Waals surface area contributed by atoms with Crippen molar-refractivity contribution in [3.8, 4) is 0 Å². The predicted molar refractivity (Wildman–Crippen MR) is 97.2 cm³/mol. The largest absolute Gasteiger partial charge is 0.337 e. The van der Waals surface area contributed by atoms with E-state index in [4.69, 9.17) is 0 Å². The van der Waals surface area contributed by atoms with Gasteiger partial charge in [0.15, 0.2) is 0 Å². The van der Waals surface area contributed by atoms with Crippen LogP contribution >= 0.6 is 0 Å². The molecule has 1 heterocycles. The second-order valence-electron chi connectivity index (χ2n) is 7.19. The summed E-state index contributed by atoms with van der Waals surface area (Å²) in [6.07, 6.45) is 4.56. The van der Waals surface area contributed by atoms with Gasteiger partial charge in [0, 0.05) is 32.3 Å². The first-order chi connectivity index (χ1) is 11.1. The van der Waals surface area contributed by atoms with Crippen molar-refractivity contribution in [2.24, 2.45) is 0 Å². The summed E-state index contributed by atoms with van der Waals surface area (Å²) < 4.78 is 24.4. The average molecular weight is 350 g/mol. The van der Waals surface area contributed by atoms with E-state index >= 15 is 0 Å². The first-order valence-electron chi connectivity index (χ1n) is 8.10. The monoisotopic (exact) mass is 350 g/mol. The fourth-order valence-electron chi connectivity index (χ4n) is 2.61. The van der Waals surface area contributed by atoms with E-state index in [0.29, 0.717) is 26.2 Å². The normalized spacial score (nSPS) is 17.4. The van der Waals surface area contributed by atoms with E-state index in [-0.39, 0.29) is 11.3 Å². The van der Waals surface area contributed by atoms with Crippen molar-refractivity contribution in [3.05, 3.63) is 41.5 Å². The molecule has 0 spiro atoms. The molecule has 0 bridgehead atoms. The van der Waals surface area contributed by atoms with Crippen LogP contribution in [0.5, 0.6) is 0 Å². The Morgan fingerprint density at radius 2 is 1.58 bits per heavy atom. The minimum absolute atomic E-state index is 0.0805. The van der Waals surface area contributed by atoms with E-state index in [1.54, 1.807) is 17.1 Å². The molecule has 24 heavy (non-hydrogen) atoms. The zero-order valence-electron chi connectivity index (χ0n) is 14.8. The van der Waals surface area contributed by atoms with Gasteiger partial charge in [-0.1, -0.05) is 45.0 Å². The minimum atomic E-state index is -3.17. The second-order valence-corrected chi connectivity index (χ2v) is 9.18. The fraction of sp³-hybridized carbons (Fsp3) is 0.500. The van der Waals surface area contributed by atoms with Crippen molar-refractivity contribution in [3.63, 3.8) is 0 Å². The lowest BCUT2D eigenvalue weighted by atomic mass is 9.87. The Kier molecular flexibility index (Phi) is 5.50. The molecule has 6 heteroatoms. The summed E-state index contributed by atoms with van der Waals surface area (Å²) >= 11 is 0. The number of piperazine rings is 1. The summed E-state index contributed by atoms with van der Waals surface area (Å²) in [6.45, 7) is 8.07. The van der Waals surface area contributed by atoms with Crippen LogP contribution in [0.1, 0.15) is 31.9 Å². The van der Waals surface area contributed by atoms with Crippen molar-refractivity contribution in [1.82, 2.24) is 9.21 Å². The van der Waals surface area contributed by atoms with Crippen LogP contribution in [-0.4, -0.2) is 56.0 Å². The first-order valence-corrected chi connectivity index (χ1v) is 9.95. The molecule has 2 rings (SSSR count). The second kappa shape index (κ2) is 7.07. The molecule has 0 aliphatic carbocycles. The Morgan fingerprint density at radius 1 is 1.04 bits per heavy atom. The molecule has 1 saturated heterocycles. The molecule has 5 nitrogen and oxygen atoms in total. The van der Waals surface area contributed by atoms with Gasteiger partial charge in [0.2, 0.25) is 15.9 Å². The number of hydrogen-bond acceptors (Lipinski definition) is 3. The zero-order valence-corrected chi connectivity index (χ0v) is 15.6. The van der Waals surface area contributed by atoms with Crippen LogP contribution in [-0.2, 0) is 20.2 Å². The Bertz CT molecular complexity index is 708. The van der Waals surface area contributed by atoms with Gasteiger partial charge in [-0.2, -0.15) is 4.31 Å². The molecule has 132 valence electrons. The Labute approximate surface area is 145 Å². The van der Waals surface area contributed by atoms with Crippen molar-refractivity contribution in [2.45, 2.75) is 26.2 Å². The minimum Gasteiger partial charge on any atom is -0.337 e. The highest BCUT2D eigenvalue weighted by Crippen LogP contribution is 2.22. The number of hydrogen-bond donors (Lipinski definition) is 0. The van der Waals surface area contributed by atoms with Gasteiger partial charge in [-0.25, -0.2) is 8.42 Å². The van der Waals surface area contributed by atoms with Gasteiger partial charge in [-0.15, -0.1) is 0 Å². The number of carbonyl (C=O) groups is 1. The van der Waals surface area contributed by atoms with Gasteiger partial charge in [0.25, 0.3) is 0 Å². The molecule has 0 saturated carbocycles.